The fourth-order valence-electron chi connectivity index (χ4n) is 6.23. The molecular weight excluding hydrogens is 632 g/mol. The average molecular weight is 681 g/mol. The summed E-state index contributed by atoms with van der Waals surface area (Å²) >= 11 is 0. The lowest BCUT2D eigenvalue weighted by Gasteiger charge is -2.48. The summed E-state index contributed by atoms with van der Waals surface area (Å²) < 4.78 is 34.5. The first kappa shape index (κ1) is 38.3. The molecule has 0 radical (unpaired) electrons. The zero-order valence-electron chi connectivity index (χ0n) is 26.6. The molecule has 16 atom stereocenters. The number of aliphatic hydroxyl groups excluding tert-OH is 9. The molecule has 0 spiro atoms. The van der Waals surface area contributed by atoms with Crippen molar-refractivity contribution in [1.82, 2.24) is 0 Å². The molecule has 17 nitrogen and oxygen atoms in total. The van der Waals surface area contributed by atoms with Crippen LogP contribution >= 0.6 is 0 Å². The van der Waals surface area contributed by atoms with Crippen molar-refractivity contribution in [2.24, 2.45) is 5.41 Å². The number of ether oxygens (including phenoxy) is 6. The lowest BCUT2D eigenvalue weighted by Crippen LogP contribution is -2.66. The quantitative estimate of drug-likeness (QED) is 0.0978. The highest BCUT2D eigenvalue weighted by Gasteiger charge is 2.54. The van der Waals surface area contributed by atoms with E-state index < -0.39 is 123 Å². The molecule has 0 unspecified atom stereocenters. The van der Waals surface area contributed by atoms with E-state index in [1.54, 1.807) is 27.7 Å². The number of carbonyl (C=O) groups is 1. The second-order valence-corrected chi connectivity index (χ2v) is 13.2. The van der Waals surface area contributed by atoms with Gasteiger partial charge in [-0.2, -0.15) is 0 Å². The van der Waals surface area contributed by atoms with E-state index >= 15 is 0 Å². The maximum Gasteiger partial charge on any atom is 0.187 e. The molecule has 10 N–H and O–H groups in total. The maximum absolute atomic E-state index is 12.1. The molecule has 4 rings (SSSR count). The van der Waals surface area contributed by atoms with Gasteiger partial charge in [-0.25, -0.2) is 0 Å². The van der Waals surface area contributed by atoms with Crippen LogP contribution in [-0.2, 0) is 33.2 Å². The summed E-state index contributed by atoms with van der Waals surface area (Å²) in [7, 11) is 0. The highest BCUT2D eigenvalue weighted by atomic mass is 16.8. The molecule has 47 heavy (non-hydrogen) atoms. The second kappa shape index (κ2) is 15.2. The number of allylic oxidation sites excluding steroid dienone is 1. The summed E-state index contributed by atoms with van der Waals surface area (Å²) in [5.74, 6) is -0.130. The molecule has 0 bridgehead atoms. The Morgan fingerprint density at radius 1 is 0.851 bits per heavy atom. The molecule has 1 aliphatic carbocycles. The van der Waals surface area contributed by atoms with Crippen molar-refractivity contribution in [3.8, 4) is 0 Å². The highest BCUT2D eigenvalue weighted by molar-refractivity contribution is 5.92. The second-order valence-electron chi connectivity index (χ2n) is 13.2. The first-order valence-electron chi connectivity index (χ1n) is 15.5. The first-order chi connectivity index (χ1) is 21.9. The number of hydrogen-bond donors (Lipinski definition) is 10. The molecule has 17 heteroatoms. The van der Waals surface area contributed by atoms with Crippen LogP contribution in [0.5, 0.6) is 0 Å². The van der Waals surface area contributed by atoms with Crippen LogP contribution in [0.15, 0.2) is 23.8 Å². The van der Waals surface area contributed by atoms with Gasteiger partial charge in [0.1, 0.15) is 72.7 Å². The predicted molar refractivity (Wildman–Crippen MR) is 155 cm³/mol. The molecule has 3 fully saturated rings. The van der Waals surface area contributed by atoms with Crippen molar-refractivity contribution in [2.75, 3.05) is 19.8 Å². The summed E-state index contributed by atoms with van der Waals surface area (Å²) in [6.45, 7) is 4.67. The number of carbonyl (C=O) groups excluding carboxylic acids is 1. The van der Waals surface area contributed by atoms with Gasteiger partial charge in [-0.1, -0.05) is 19.9 Å². The third-order valence-electron chi connectivity index (χ3n) is 9.27. The third kappa shape index (κ3) is 7.81. The topological polar surface area (TPSA) is 275 Å². The van der Waals surface area contributed by atoms with Crippen LogP contribution in [0.2, 0.25) is 0 Å². The predicted octanol–water partition coefficient (Wildman–Crippen LogP) is -4.29. The van der Waals surface area contributed by atoms with Gasteiger partial charge in [-0.3, -0.25) is 4.79 Å². The van der Waals surface area contributed by atoms with Crippen LogP contribution in [0.25, 0.3) is 0 Å². The minimum absolute atomic E-state index is 0.0827. The van der Waals surface area contributed by atoms with E-state index in [0.717, 1.165) is 0 Å². The third-order valence-corrected chi connectivity index (χ3v) is 9.27. The molecule has 270 valence electrons. The van der Waals surface area contributed by atoms with E-state index in [0.29, 0.717) is 5.57 Å². The summed E-state index contributed by atoms with van der Waals surface area (Å²) in [5.41, 5.74) is -1.99. The Labute approximate surface area is 271 Å². The Kier molecular flexibility index (Phi) is 12.4. The molecule has 4 aliphatic rings. The Bertz CT molecular complexity index is 1130. The van der Waals surface area contributed by atoms with Gasteiger partial charge in [0.15, 0.2) is 24.7 Å². The number of hydrogen-bond acceptors (Lipinski definition) is 17. The van der Waals surface area contributed by atoms with Gasteiger partial charge in [0.05, 0.1) is 25.9 Å². The molecule has 0 aromatic heterocycles. The van der Waals surface area contributed by atoms with E-state index in [4.69, 9.17) is 28.4 Å². The lowest BCUT2D eigenvalue weighted by molar-refractivity contribution is -0.388. The lowest BCUT2D eigenvalue weighted by atomic mass is 9.64. The fraction of sp³-hybridized carbons (Fsp3) is 0.833. The maximum atomic E-state index is 12.1. The Morgan fingerprint density at radius 2 is 1.43 bits per heavy atom. The van der Waals surface area contributed by atoms with Crippen LogP contribution in [0.1, 0.15) is 34.1 Å². The number of rotatable bonds is 10. The van der Waals surface area contributed by atoms with Gasteiger partial charge in [0, 0.05) is 11.8 Å². The SMILES string of the molecule is CC1=CC(=O)CC(C)(C)[C@]1(O)/C=C/[C@H](C)O[C@@H]1O[C@H](CO)[C@@H](O)[C@H](O[C@@H]2O[C@H](CO)[C@@H](O)[C@H](O)[C@H]2O)[C@H]1O[C@@H]1OC[C@@H](O)[C@H](O)[C@H]1O. The summed E-state index contributed by atoms with van der Waals surface area (Å²) in [4.78, 5) is 12.1. The molecule has 3 heterocycles. The Morgan fingerprint density at radius 3 is 2.04 bits per heavy atom. The first-order valence-corrected chi connectivity index (χ1v) is 15.5. The smallest absolute Gasteiger partial charge is 0.187 e. The van der Waals surface area contributed by atoms with Crippen LogP contribution in [-0.4, -0.2) is 174 Å². The van der Waals surface area contributed by atoms with Crippen molar-refractivity contribution < 1.29 is 84.3 Å². The minimum Gasteiger partial charge on any atom is -0.394 e. The zero-order chi connectivity index (χ0) is 35.0. The van der Waals surface area contributed by atoms with Crippen LogP contribution < -0.4 is 0 Å². The molecule has 0 amide bonds. The van der Waals surface area contributed by atoms with Crippen molar-refractivity contribution in [3.63, 3.8) is 0 Å². The van der Waals surface area contributed by atoms with Gasteiger partial charge in [0.25, 0.3) is 0 Å². The largest absolute Gasteiger partial charge is 0.394 e. The minimum atomic E-state index is -1.89. The van der Waals surface area contributed by atoms with Gasteiger partial charge in [-0.05, 0) is 31.6 Å². The number of aliphatic hydroxyl groups is 10. The van der Waals surface area contributed by atoms with E-state index in [1.807, 2.05) is 0 Å². The molecular formula is C30H48O17. The van der Waals surface area contributed by atoms with Crippen molar-refractivity contribution in [2.45, 2.75) is 132 Å². The van der Waals surface area contributed by atoms with Crippen LogP contribution in [0, 0.1) is 5.41 Å². The van der Waals surface area contributed by atoms with Crippen LogP contribution in [0.3, 0.4) is 0 Å². The monoisotopic (exact) mass is 680 g/mol. The van der Waals surface area contributed by atoms with Gasteiger partial charge in [-0.15, -0.1) is 0 Å². The van der Waals surface area contributed by atoms with Gasteiger partial charge in [0.2, 0.25) is 0 Å². The summed E-state index contributed by atoms with van der Waals surface area (Å²) in [6.07, 6.45) is -19.6. The highest BCUT2D eigenvalue weighted by Crippen LogP contribution is 2.44. The Balaban J connectivity index is 1.64. The van der Waals surface area contributed by atoms with Gasteiger partial charge >= 0.3 is 0 Å². The van der Waals surface area contributed by atoms with Crippen molar-refractivity contribution >= 4 is 5.78 Å². The molecule has 3 saturated heterocycles. The number of ketones is 1. The Hall–Kier alpha value is -1.49. The molecule has 0 aromatic carbocycles. The zero-order valence-corrected chi connectivity index (χ0v) is 26.6. The summed E-state index contributed by atoms with van der Waals surface area (Å²) in [5, 5.41) is 104. The fourth-order valence-corrected chi connectivity index (χ4v) is 6.23. The summed E-state index contributed by atoms with van der Waals surface area (Å²) in [6, 6.07) is 0. The van der Waals surface area contributed by atoms with E-state index in [1.165, 1.54) is 18.2 Å². The standard InChI is InChI=1S/C30H48O17/c1-12-7-14(33)8-29(3,4)30(12,41)6-5-13(2)43-28-25(47-26-22(39)18(35)15(34)11-42-26)24(20(37)17(10-32)45-28)46-27-23(40)21(38)19(36)16(9-31)44-27/h5-7,13,15-28,31-32,34-41H,8-11H2,1-4H3/b6-5+/t13-,15+,16+,17+,18-,19+,20+,21-,22+,23+,24-,25+,26-,27-,28+,30-/m0/s1. The van der Waals surface area contributed by atoms with Crippen molar-refractivity contribution in [1.29, 1.82) is 0 Å². The molecule has 0 aromatic rings. The molecule has 3 aliphatic heterocycles. The normalized spacial score (nSPS) is 46.8. The van der Waals surface area contributed by atoms with Crippen molar-refractivity contribution in [3.05, 3.63) is 23.8 Å². The van der Waals surface area contributed by atoms with Gasteiger partial charge < -0.3 is 79.5 Å². The van der Waals surface area contributed by atoms with E-state index in [-0.39, 0.29) is 12.2 Å². The molecule has 0 saturated carbocycles. The van der Waals surface area contributed by atoms with E-state index in [9.17, 15) is 55.9 Å². The van der Waals surface area contributed by atoms with E-state index in [2.05, 4.69) is 0 Å². The van der Waals surface area contributed by atoms with Crippen LogP contribution in [0.4, 0.5) is 0 Å². The average Bonchev–Trinajstić information content (AvgIpc) is 3.01.